The molecule has 0 amide bonds. The Morgan fingerprint density at radius 2 is 1.87 bits per heavy atom. The standard InChI is InChI=1S/C20H24N8OS/c1-2-6-21-16(5-1)19-25-26-20(30-19)24-15-4-3-7-28(13-15)18-12-17(22-14-23-18)27-8-10-29-11-9-27/h1-2,5-6,12,14-15H,3-4,7-11,13H2,(H,24,26). The molecular formula is C20H24N8OS. The van der Waals surface area contributed by atoms with Crippen LogP contribution in [-0.2, 0) is 4.74 Å². The van der Waals surface area contributed by atoms with Crippen LogP contribution in [0.2, 0.25) is 0 Å². The van der Waals surface area contributed by atoms with Gasteiger partial charge in [0.25, 0.3) is 0 Å². The predicted molar refractivity (Wildman–Crippen MR) is 117 cm³/mol. The second-order valence-electron chi connectivity index (χ2n) is 7.39. The van der Waals surface area contributed by atoms with Crippen molar-refractivity contribution in [2.75, 3.05) is 54.5 Å². The third-order valence-electron chi connectivity index (χ3n) is 5.36. The fraction of sp³-hybridized carbons (Fsp3) is 0.450. The molecule has 0 aliphatic carbocycles. The molecule has 1 atom stereocenters. The summed E-state index contributed by atoms with van der Waals surface area (Å²) >= 11 is 1.54. The molecule has 2 aliphatic heterocycles. The normalized spacial score (nSPS) is 19.7. The fourth-order valence-corrected chi connectivity index (χ4v) is 4.62. The summed E-state index contributed by atoms with van der Waals surface area (Å²) in [4.78, 5) is 17.9. The maximum absolute atomic E-state index is 5.45. The van der Waals surface area contributed by atoms with Gasteiger partial charge in [0.15, 0.2) is 5.01 Å². The molecule has 156 valence electrons. The van der Waals surface area contributed by atoms with Gasteiger partial charge in [-0.3, -0.25) is 4.98 Å². The zero-order valence-electron chi connectivity index (χ0n) is 16.6. The van der Waals surface area contributed by atoms with Gasteiger partial charge in [0.05, 0.1) is 13.2 Å². The average Bonchev–Trinajstić information content (AvgIpc) is 3.29. The highest BCUT2D eigenvalue weighted by Gasteiger charge is 2.23. The van der Waals surface area contributed by atoms with Crippen molar-refractivity contribution in [1.29, 1.82) is 0 Å². The topological polar surface area (TPSA) is 92.2 Å². The van der Waals surface area contributed by atoms with Crippen molar-refractivity contribution in [3.63, 3.8) is 0 Å². The first kappa shape index (κ1) is 19.1. The quantitative estimate of drug-likeness (QED) is 0.662. The molecule has 0 aromatic carbocycles. The minimum Gasteiger partial charge on any atom is -0.378 e. The van der Waals surface area contributed by atoms with Crippen LogP contribution in [0.15, 0.2) is 36.8 Å². The molecule has 30 heavy (non-hydrogen) atoms. The number of hydrogen-bond acceptors (Lipinski definition) is 10. The van der Waals surface area contributed by atoms with Gasteiger partial charge in [-0.1, -0.05) is 17.4 Å². The Labute approximate surface area is 179 Å². The van der Waals surface area contributed by atoms with E-state index in [1.165, 1.54) is 11.3 Å². The Balaban J connectivity index is 1.25. The smallest absolute Gasteiger partial charge is 0.206 e. The summed E-state index contributed by atoms with van der Waals surface area (Å²) in [7, 11) is 0. The molecule has 5 heterocycles. The molecule has 0 saturated carbocycles. The Hall–Kier alpha value is -2.85. The van der Waals surface area contributed by atoms with Crippen molar-refractivity contribution in [2.24, 2.45) is 0 Å². The second-order valence-corrected chi connectivity index (χ2v) is 8.37. The minimum atomic E-state index is 0.296. The van der Waals surface area contributed by atoms with Gasteiger partial charge in [0, 0.05) is 44.5 Å². The number of hydrogen-bond donors (Lipinski definition) is 1. The summed E-state index contributed by atoms with van der Waals surface area (Å²) in [5.74, 6) is 1.95. The van der Waals surface area contributed by atoms with Crippen molar-refractivity contribution in [3.8, 4) is 10.7 Å². The van der Waals surface area contributed by atoms with Crippen LogP contribution >= 0.6 is 11.3 Å². The lowest BCUT2D eigenvalue weighted by molar-refractivity contribution is 0.122. The summed E-state index contributed by atoms with van der Waals surface area (Å²) in [6.45, 7) is 5.10. The average molecular weight is 425 g/mol. The van der Waals surface area contributed by atoms with E-state index in [1.54, 1.807) is 12.5 Å². The highest BCUT2D eigenvalue weighted by atomic mass is 32.1. The van der Waals surface area contributed by atoms with Crippen LogP contribution in [0.3, 0.4) is 0 Å². The highest BCUT2D eigenvalue weighted by Crippen LogP contribution is 2.27. The van der Waals surface area contributed by atoms with Gasteiger partial charge in [-0.15, -0.1) is 10.2 Å². The monoisotopic (exact) mass is 424 g/mol. The number of aromatic nitrogens is 5. The second kappa shape index (κ2) is 8.88. The highest BCUT2D eigenvalue weighted by molar-refractivity contribution is 7.18. The molecule has 0 radical (unpaired) electrons. The van der Waals surface area contributed by atoms with E-state index < -0.39 is 0 Å². The predicted octanol–water partition coefficient (Wildman–Crippen LogP) is 2.31. The zero-order valence-corrected chi connectivity index (χ0v) is 17.5. The van der Waals surface area contributed by atoms with E-state index in [0.717, 1.165) is 79.7 Å². The Morgan fingerprint density at radius 3 is 2.70 bits per heavy atom. The van der Waals surface area contributed by atoms with Crippen LogP contribution < -0.4 is 15.1 Å². The molecule has 5 rings (SSSR count). The number of morpholine rings is 1. The molecule has 0 bridgehead atoms. The summed E-state index contributed by atoms with van der Waals surface area (Å²) in [6.07, 6.45) is 5.63. The fourth-order valence-electron chi connectivity index (χ4n) is 3.83. The van der Waals surface area contributed by atoms with Gasteiger partial charge >= 0.3 is 0 Å². The molecule has 2 fully saturated rings. The van der Waals surface area contributed by atoms with Crippen LogP contribution in [0.1, 0.15) is 12.8 Å². The molecule has 3 aromatic heterocycles. The maximum atomic E-state index is 5.45. The van der Waals surface area contributed by atoms with Gasteiger partial charge in [0.1, 0.15) is 23.7 Å². The summed E-state index contributed by atoms with van der Waals surface area (Å²) < 4.78 is 5.45. The van der Waals surface area contributed by atoms with E-state index in [1.807, 2.05) is 18.2 Å². The summed E-state index contributed by atoms with van der Waals surface area (Å²) in [5.41, 5.74) is 0.852. The van der Waals surface area contributed by atoms with Gasteiger partial charge in [-0.05, 0) is 25.0 Å². The van der Waals surface area contributed by atoms with E-state index in [9.17, 15) is 0 Å². The molecule has 1 N–H and O–H groups in total. The Kier molecular flexibility index (Phi) is 5.67. The Bertz CT molecular complexity index is 962. The maximum Gasteiger partial charge on any atom is 0.206 e. The zero-order chi connectivity index (χ0) is 20.2. The van der Waals surface area contributed by atoms with E-state index >= 15 is 0 Å². The van der Waals surface area contributed by atoms with Crippen LogP contribution in [0, 0.1) is 0 Å². The van der Waals surface area contributed by atoms with Gasteiger partial charge < -0.3 is 19.9 Å². The van der Waals surface area contributed by atoms with Crippen molar-refractivity contribution in [3.05, 3.63) is 36.8 Å². The third kappa shape index (κ3) is 4.34. The number of rotatable bonds is 5. The number of nitrogens with one attached hydrogen (secondary N) is 1. The van der Waals surface area contributed by atoms with E-state index in [4.69, 9.17) is 4.74 Å². The van der Waals surface area contributed by atoms with Gasteiger partial charge in [-0.25, -0.2) is 9.97 Å². The van der Waals surface area contributed by atoms with Crippen LogP contribution in [-0.4, -0.2) is 70.6 Å². The minimum absolute atomic E-state index is 0.296. The number of nitrogens with zero attached hydrogens (tertiary/aromatic N) is 7. The van der Waals surface area contributed by atoms with Crippen LogP contribution in [0.25, 0.3) is 10.7 Å². The molecule has 3 aromatic rings. The van der Waals surface area contributed by atoms with Crippen LogP contribution in [0.5, 0.6) is 0 Å². The lowest BCUT2D eigenvalue weighted by Crippen LogP contribution is -2.43. The number of pyridine rings is 1. The van der Waals surface area contributed by atoms with Crippen molar-refractivity contribution in [2.45, 2.75) is 18.9 Å². The van der Waals surface area contributed by atoms with E-state index in [0.29, 0.717) is 6.04 Å². The van der Waals surface area contributed by atoms with Gasteiger partial charge in [-0.2, -0.15) is 0 Å². The third-order valence-corrected chi connectivity index (χ3v) is 6.23. The molecule has 2 aliphatic rings. The first-order valence-corrected chi connectivity index (χ1v) is 11.1. The van der Waals surface area contributed by atoms with Crippen molar-refractivity contribution >= 4 is 28.1 Å². The van der Waals surface area contributed by atoms with Crippen molar-refractivity contribution in [1.82, 2.24) is 25.1 Å². The molecule has 9 nitrogen and oxygen atoms in total. The lowest BCUT2D eigenvalue weighted by Gasteiger charge is -2.34. The molecule has 1 unspecified atom stereocenters. The summed E-state index contributed by atoms with van der Waals surface area (Å²) in [5, 5.41) is 13.8. The Morgan fingerprint density at radius 1 is 1.00 bits per heavy atom. The SMILES string of the molecule is c1ccc(-c2nnc(NC3CCCN(c4cc(N5CCOCC5)ncn4)C3)s2)nc1. The first-order valence-electron chi connectivity index (χ1n) is 10.3. The largest absolute Gasteiger partial charge is 0.378 e. The molecule has 0 spiro atoms. The van der Waals surface area contributed by atoms with E-state index in [-0.39, 0.29) is 0 Å². The first-order chi connectivity index (χ1) is 14.8. The lowest BCUT2D eigenvalue weighted by atomic mass is 10.1. The van der Waals surface area contributed by atoms with E-state index in [2.05, 4.69) is 46.3 Å². The van der Waals surface area contributed by atoms with Gasteiger partial charge in [0.2, 0.25) is 5.13 Å². The molecule has 10 heteroatoms. The van der Waals surface area contributed by atoms with Crippen molar-refractivity contribution < 1.29 is 4.74 Å². The summed E-state index contributed by atoms with van der Waals surface area (Å²) in [6, 6.07) is 8.21. The number of anilines is 3. The number of piperidine rings is 1. The molecule has 2 saturated heterocycles. The molecular weight excluding hydrogens is 400 g/mol. The van der Waals surface area contributed by atoms with Crippen LogP contribution in [0.4, 0.5) is 16.8 Å². The number of ether oxygens (including phenoxy) is 1.